The van der Waals surface area contributed by atoms with Crippen LogP contribution in [0.4, 0.5) is 5.69 Å². The van der Waals surface area contributed by atoms with Gasteiger partial charge in [0.2, 0.25) is 5.91 Å². The second kappa shape index (κ2) is 6.35. The van der Waals surface area contributed by atoms with Crippen LogP contribution in [0.1, 0.15) is 22.6 Å². The van der Waals surface area contributed by atoms with Crippen molar-refractivity contribution in [1.29, 1.82) is 0 Å². The predicted molar refractivity (Wildman–Crippen MR) is 82.8 cm³/mol. The Bertz CT molecular complexity index is 573. The van der Waals surface area contributed by atoms with Gasteiger partial charge in [-0.15, -0.1) is 0 Å². The number of carbonyl (C=O) groups is 1. The van der Waals surface area contributed by atoms with E-state index in [2.05, 4.69) is 11.4 Å². The molecule has 0 heterocycles. The lowest BCUT2D eigenvalue weighted by molar-refractivity contribution is -0.117. The summed E-state index contributed by atoms with van der Waals surface area (Å²) in [5, 5.41) is 2.95. The fourth-order valence-electron chi connectivity index (χ4n) is 2.36. The van der Waals surface area contributed by atoms with E-state index in [0.29, 0.717) is 6.54 Å². The van der Waals surface area contributed by atoms with Gasteiger partial charge in [-0.1, -0.05) is 36.4 Å². The van der Waals surface area contributed by atoms with Crippen LogP contribution in [-0.2, 0) is 4.79 Å². The Morgan fingerprint density at radius 3 is 2.25 bits per heavy atom. The fourth-order valence-corrected chi connectivity index (χ4v) is 2.36. The lowest BCUT2D eigenvalue weighted by Crippen LogP contribution is -2.27. The van der Waals surface area contributed by atoms with Gasteiger partial charge in [0.05, 0.1) is 5.92 Å². The molecule has 0 saturated carbocycles. The van der Waals surface area contributed by atoms with Crippen molar-refractivity contribution in [2.24, 2.45) is 5.73 Å². The van der Waals surface area contributed by atoms with Gasteiger partial charge < -0.3 is 11.1 Å². The van der Waals surface area contributed by atoms with Crippen LogP contribution >= 0.6 is 0 Å². The van der Waals surface area contributed by atoms with E-state index in [4.69, 9.17) is 5.73 Å². The summed E-state index contributed by atoms with van der Waals surface area (Å²) in [6.07, 6.45) is 0. The topological polar surface area (TPSA) is 55.1 Å². The highest BCUT2D eigenvalue weighted by molar-refractivity contribution is 5.96. The predicted octanol–water partition coefficient (Wildman–Crippen LogP) is 2.98. The molecule has 2 aromatic carbocycles. The van der Waals surface area contributed by atoms with Crippen LogP contribution in [0.5, 0.6) is 0 Å². The molecule has 0 saturated heterocycles. The number of rotatable bonds is 4. The molecule has 3 N–H and O–H groups in total. The van der Waals surface area contributed by atoms with Crippen molar-refractivity contribution in [3.05, 3.63) is 65.2 Å². The maximum Gasteiger partial charge on any atom is 0.233 e. The van der Waals surface area contributed by atoms with Gasteiger partial charge in [-0.25, -0.2) is 0 Å². The molecule has 1 unspecified atom stereocenters. The Hall–Kier alpha value is -2.13. The number of hydrogen-bond donors (Lipinski definition) is 2. The maximum absolute atomic E-state index is 12.4. The van der Waals surface area contributed by atoms with E-state index in [1.807, 2.05) is 56.3 Å². The molecular formula is C17H20N2O. The van der Waals surface area contributed by atoms with E-state index in [-0.39, 0.29) is 11.8 Å². The van der Waals surface area contributed by atoms with E-state index in [9.17, 15) is 4.79 Å². The molecule has 2 aromatic rings. The molecule has 0 radical (unpaired) electrons. The second-order valence-electron chi connectivity index (χ2n) is 5.06. The zero-order valence-corrected chi connectivity index (χ0v) is 11.9. The van der Waals surface area contributed by atoms with Crippen LogP contribution in [0, 0.1) is 13.8 Å². The third-order valence-electron chi connectivity index (χ3n) is 3.24. The van der Waals surface area contributed by atoms with Gasteiger partial charge in [0, 0.05) is 12.2 Å². The van der Waals surface area contributed by atoms with E-state index >= 15 is 0 Å². The molecule has 2 rings (SSSR count). The van der Waals surface area contributed by atoms with Crippen molar-refractivity contribution >= 4 is 11.6 Å². The Balaban J connectivity index is 2.18. The molecule has 0 spiro atoms. The first-order chi connectivity index (χ1) is 9.60. The Labute approximate surface area is 119 Å². The van der Waals surface area contributed by atoms with Gasteiger partial charge in [0.15, 0.2) is 0 Å². The van der Waals surface area contributed by atoms with Crippen LogP contribution in [0.15, 0.2) is 48.5 Å². The summed E-state index contributed by atoms with van der Waals surface area (Å²) in [6.45, 7) is 4.32. The van der Waals surface area contributed by atoms with Crippen molar-refractivity contribution in [3.8, 4) is 0 Å². The van der Waals surface area contributed by atoms with Gasteiger partial charge in [0.1, 0.15) is 0 Å². The van der Waals surface area contributed by atoms with Crippen LogP contribution in [0.25, 0.3) is 0 Å². The number of aryl methyl sites for hydroxylation is 2. The molecule has 0 bridgehead atoms. The summed E-state index contributed by atoms with van der Waals surface area (Å²) >= 11 is 0. The summed E-state index contributed by atoms with van der Waals surface area (Å²) < 4.78 is 0. The van der Waals surface area contributed by atoms with E-state index in [0.717, 1.165) is 22.4 Å². The normalized spacial score (nSPS) is 11.9. The number of anilines is 1. The van der Waals surface area contributed by atoms with Gasteiger partial charge in [-0.05, 0) is 42.7 Å². The monoisotopic (exact) mass is 268 g/mol. The molecular weight excluding hydrogens is 248 g/mol. The lowest BCUT2D eigenvalue weighted by atomic mass is 9.98. The van der Waals surface area contributed by atoms with E-state index in [1.54, 1.807) is 0 Å². The Morgan fingerprint density at radius 2 is 1.70 bits per heavy atom. The summed E-state index contributed by atoms with van der Waals surface area (Å²) in [7, 11) is 0. The average molecular weight is 268 g/mol. The molecule has 1 atom stereocenters. The summed E-state index contributed by atoms with van der Waals surface area (Å²) in [5.41, 5.74) is 9.78. The number of hydrogen-bond acceptors (Lipinski definition) is 2. The largest absolute Gasteiger partial charge is 0.329 e. The molecule has 1 amide bonds. The van der Waals surface area contributed by atoms with Crippen molar-refractivity contribution in [1.82, 2.24) is 0 Å². The minimum absolute atomic E-state index is 0.0660. The minimum atomic E-state index is -0.322. The molecule has 3 heteroatoms. The van der Waals surface area contributed by atoms with Crippen LogP contribution in [-0.4, -0.2) is 12.5 Å². The maximum atomic E-state index is 12.4. The van der Waals surface area contributed by atoms with Crippen molar-refractivity contribution < 1.29 is 4.79 Å². The van der Waals surface area contributed by atoms with Gasteiger partial charge in [-0.3, -0.25) is 4.79 Å². The molecule has 0 fully saturated rings. The summed E-state index contributed by atoms with van der Waals surface area (Å²) in [5.74, 6) is -0.388. The third-order valence-corrected chi connectivity index (χ3v) is 3.24. The van der Waals surface area contributed by atoms with Gasteiger partial charge in [0.25, 0.3) is 0 Å². The number of carbonyl (C=O) groups excluding carboxylic acids is 1. The zero-order valence-electron chi connectivity index (χ0n) is 11.9. The first-order valence-electron chi connectivity index (χ1n) is 6.74. The van der Waals surface area contributed by atoms with Crippen molar-refractivity contribution in [3.63, 3.8) is 0 Å². The first kappa shape index (κ1) is 14.3. The van der Waals surface area contributed by atoms with E-state index < -0.39 is 0 Å². The highest BCUT2D eigenvalue weighted by Gasteiger charge is 2.18. The lowest BCUT2D eigenvalue weighted by Gasteiger charge is -2.16. The van der Waals surface area contributed by atoms with Gasteiger partial charge >= 0.3 is 0 Å². The van der Waals surface area contributed by atoms with Gasteiger partial charge in [-0.2, -0.15) is 0 Å². The fraction of sp³-hybridized carbons (Fsp3) is 0.235. The summed E-state index contributed by atoms with van der Waals surface area (Å²) in [4.78, 5) is 12.4. The minimum Gasteiger partial charge on any atom is -0.329 e. The standard InChI is InChI=1S/C17H20N2O/c1-12-8-13(2)10-15(9-12)19-17(20)16(11-18)14-6-4-3-5-7-14/h3-10,16H,11,18H2,1-2H3,(H,19,20). The smallest absolute Gasteiger partial charge is 0.233 e. The van der Waals surface area contributed by atoms with Crippen LogP contribution < -0.4 is 11.1 Å². The zero-order chi connectivity index (χ0) is 14.5. The van der Waals surface area contributed by atoms with Crippen LogP contribution in [0.3, 0.4) is 0 Å². The number of amides is 1. The second-order valence-corrected chi connectivity index (χ2v) is 5.06. The average Bonchev–Trinajstić information content (AvgIpc) is 2.39. The SMILES string of the molecule is Cc1cc(C)cc(NC(=O)C(CN)c2ccccc2)c1. The highest BCUT2D eigenvalue weighted by Crippen LogP contribution is 2.19. The summed E-state index contributed by atoms with van der Waals surface area (Å²) in [6, 6.07) is 15.6. The molecule has 0 aliphatic rings. The van der Waals surface area contributed by atoms with E-state index in [1.165, 1.54) is 0 Å². The third kappa shape index (κ3) is 3.45. The van der Waals surface area contributed by atoms with Crippen LogP contribution in [0.2, 0.25) is 0 Å². The highest BCUT2D eigenvalue weighted by atomic mass is 16.1. The molecule has 0 aliphatic carbocycles. The quantitative estimate of drug-likeness (QED) is 0.895. The van der Waals surface area contributed by atoms with Crippen molar-refractivity contribution in [2.75, 3.05) is 11.9 Å². The molecule has 20 heavy (non-hydrogen) atoms. The molecule has 0 aliphatic heterocycles. The Morgan fingerprint density at radius 1 is 1.10 bits per heavy atom. The number of nitrogens with one attached hydrogen (secondary N) is 1. The molecule has 0 aromatic heterocycles. The molecule has 104 valence electrons. The van der Waals surface area contributed by atoms with Crippen molar-refractivity contribution in [2.45, 2.75) is 19.8 Å². The number of benzene rings is 2. The molecule has 3 nitrogen and oxygen atoms in total. The first-order valence-corrected chi connectivity index (χ1v) is 6.74. The Kier molecular flexibility index (Phi) is 4.53. The number of nitrogens with two attached hydrogens (primary N) is 1.